The summed E-state index contributed by atoms with van der Waals surface area (Å²) >= 11 is -5.25. The average molecular weight is 489 g/mol. The molecule has 31 heavy (non-hydrogen) atoms. The van der Waals surface area contributed by atoms with E-state index in [1.54, 1.807) is 0 Å². The van der Waals surface area contributed by atoms with Crippen LogP contribution in [0.15, 0.2) is 0 Å². The van der Waals surface area contributed by atoms with Crippen molar-refractivity contribution in [2.45, 2.75) is 119 Å². The van der Waals surface area contributed by atoms with E-state index in [0.29, 0.717) is 0 Å². The van der Waals surface area contributed by atoms with Gasteiger partial charge in [0.15, 0.2) is 0 Å². The Bertz CT molecular complexity index is 350. The first-order valence-corrected chi connectivity index (χ1v) is 15.0. The van der Waals surface area contributed by atoms with Crippen molar-refractivity contribution in [2.75, 3.05) is 39.3 Å². The van der Waals surface area contributed by atoms with Gasteiger partial charge in [0.05, 0.1) is 0 Å². The monoisotopic (exact) mass is 488 g/mol. The number of hydrogen-bond acceptors (Lipinski definition) is 4. The van der Waals surface area contributed by atoms with Gasteiger partial charge in [-0.05, 0) is 77.8 Å². The Balaban J connectivity index is -0.000000416. The van der Waals surface area contributed by atoms with Crippen LogP contribution in [0.5, 0.6) is 0 Å². The van der Waals surface area contributed by atoms with Crippen molar-refractivity contribution < 1.29 is 29.5 Å². The van der Waals surface area contributed by atoms with E-state index < -0.39 is 13.6 Å². The SMILES string of the molecule is CCCCN(CCCC)CCCC.CCCCN(CCCC)CCCC.[O]=[Cr](=[O])([OH])[OH]. The molecule has 6 nitrogen and oxygen atoms in total. The van der Waals surface area contributed by atoms with Crippen molar-refractivity contribution in [2.24, 2.45) is 0 Å². The fourth-order valence-electron chi connectivity index (χ4n) is 2.96. The molecule has 0 aliphatic rings. The molecular formula is C24H56CrN2O4. The van der Waals surface area contributed by atoms with Crippen LogP contribution in [0.3, 0.4) is 0 Å². The molecule has 0 bridgehead atoms. The van der Waals surface area contributed by atoms with Gasteiger partial charge in [0.25, 0.3) is 0 Å². The van der Waals surface area contributed by atoms with Crippen molar-refractivity contribution >= 4 is 0 Å². The molecule has 0 saturated heterocycles. The van der Waals surface area contributed by atoms with Crippen LogP contribution in [0.4, 0.5) is 0 Å². The second-order valence-electron chi connectivity index (χ2n) is 8.25. The molecule has 0 aromatic carbocycles. The van der Waals surface area contributed by atoms with Gasteiger partial charge >= 0.3 is 29.5 Å². The van der Waals surface area contributed by atoms with Crippen LogP contribution in [-0.2, 0) is 21.2 Å². The Morgan fingerprint density at radius 2 is 0.581 bits per heavy atom. The molecule has 0 fully saturated rings. The van der Waals surface area contributed by atoms with Crippen LogP contribution < -0.4 is 0 Å². The van der Waals surface area contributed by atoms with Gasteiger partial charge in [0, 0.05) is 0 Å². The van der Waals surface area contributed by atoms with E-state index in [4.69, 9.17) is 15.9 Å². The number of nitrogens with zero attached hydrogens (tertiary/aromatic N) is 2. The molecule has 0 aromatic rings. The quantitative estimate of drug-likeness (QED) is 0.245. The summed E-state index contributed by atoms with van der Waals surface area (Å²) in [5.41, 5.74) is 0. The van der Waals surface area contributed by atoms with Crippen LogP contribution in [-0.4, -0.2) is 57.4 Å². The second-order valence-corrected chi connectivity index (χ2v) is 9.65. The Labute approximate surface area is 197 Å². The minimum atomic E-state index is -5.25. The predicted octanol–water partition coefficient (Wildman–Crippen LogP) is 6.02. The Hall–Kier alpha value is -0.0275. The Morgan fingerprint density at radius 3 is 0.677 bits per heavy atom. The second kappa shape index (κ2) is 28.0. The van der Waals surface area contributed by atoms with Gasteiger partial charge in [-0.25, -0.2) is 0 Å². The summed E-state index contributed by atoms with van der Waals surface area (Å²) < 4.78 is 31.9. The van der Waals surface area contributed by atoms with Gasteiger partial charge in [-0.2, -0.15) is 0 Å². The van der Waals surface area contributed by atoms with Gasteiger partial charge in [0.1, 0.15) is 0 Å². The molecule has 0 aliphatic carbocycles. The summed E-state index contributed by atoms with van der Waals surface area (Å²) in [6, 6.07) is 0. The maximum atomic E-state index is 8.82. The molecule has 0 atom stereocenters. The van der Waals surface area contributed by atoms with Gasteiger partial charge in [0.2, 0.25) is 0 Å². The molecule has 0 aliphatic heterocycles. The number of unbranched alkanes of at least 4 members (excludes halogenated alkanes) is 6. The van der Waals surface area contributed by atoms with Gasteiger partial charge in [-0.3, -0.25) is 0 Å². The van der Waals surface area contributed by atoms with Crippen molar-refractivity contribution in [3.63, 3.8) is 0 Å². The van der Waals surface area contributed by atoms with Gasteiger partial charge in [-0.15, -0.1) is 0 Å². The van der Waals surface area contributed by atoms with Crippen LogP contribution in [0.2, 0.25) is 0 Å². The van der Waals surface area contributed by atoms with E-state index in [9.17, 15) is 0 Å². The zero-order valence-electron chi connectivity index (χ0n) is 21.7. The Kier molecular flexibility index (Phi) is 32.1. The van der Waals surface area contributed by atoms with E-state index in [2.05, 4.69) is 51.3 Å². The zero-order chi connectivity index (χ0) is 24.4. The zero-order valence-corrected chi connectivity index (χ0v) is 23.0. The molecule has 0 unspecified atom stereocenters. The Morgan fingerprint density at radius 1 is 0.452 bits per heavy atom. The molecule has 0 spiro atoms. The first kappa shape index (κ1) is 35.6. The standard InChI is InChI=1S/2C12H27N.Cr.2H2O.2O/c2*1-4-7-10-13(11-8-5-2)12-9-6-3;;;;;/h2*4-12H2,1-3H3;;2*1H2;;/q;;+2;;;;/p-2. The van der Waals surface area contributed by atoms with E-state index in [1.165, 1.54) is 116 Å². The first-order valence-electron chi connectivity index (χ1n) is 12.8. The molecular weight excluding hydrogens is 432 g/mol. The molecule has 2 N–H and O–H groups in total. The molecule has 0 radical (unpaired) electrons. The van der Waals surface area contributed by atoms with Crippen LogP contribution >= 0.6 is 0 Å². The molecule has 0 aromatic heterocycles. The first-order chi connectivity index (χ1) is 14.7. The summed E-state index contributed by atoms with van der Waals surface area (Å²) in [6.07, 6.45) is 16.2. The molecule has 0 amide bonds. The van der Waals surface area contributed by atoms with E-state index in [0.717, 1.165) is 0 Å². The van der Waals surface area contributed by atoms with Crippen molar-refractivity contribution in [1.29, 1.82) is 0 Å². The van der Waals surface area contributed by atoms with Crippen molar-refractivity contribution in [3.8, 4) is 0 Å². The third-order valence-electron chi connectivity index (χ3n) is 4.97. The number of hydrogen-bond donors (Lipinski definition) is 2. The van der Waals surface area contributed by atoms with E-state index in [-0.39, 0.29) is 0 Å². The van der Waals surface area contributed by atoms with E-state index >= 15 is 0 Å². The van der Waals surface area contributed by atoms with Gasteiger partial charge < -0.3 is 9.80 Å². The van der Waals surface area contributed by atoms with Gasteiger partial charge in [-0.1, -0.05) is 80.1 Å². The fourth-order valence-corrected chi connectivity index (χ4v) is 2.96. The third kappa shape index (κ3) is 40.8. The summed E-state index contributed by atoms with van der Waals surface area (Å²) in [6.45, 7) is 21.5. The average Bonchev–Trinajstić information content (AvgIpc) is 2.72. The van der Waals surface area contributed by atoms with Crippen LogP contribution in [0, 0.1) is 0 Å². The minimum absolute atomic E-state index is 1.32. The van der Waals surface area contributed by atoms with E-state index in [1.807, 2.05) is 0 Å². The predicted molar refractivity (Wildman–Crippen MR) is 128 cm³/mol. The summed E-state index contributed by atoms with van der Waals surface area (Å²) in [4.78, 5) is 5.27. The fraction of sp³-hybridized carbons (Fsp3) is 1.00. The van der Waals surface area contributed by atoms with Crippen molar-refractivity contribution in [3.05, 3.63) is 0 Å². The molecule has 0 heterocycles. The molecule has 0 saturated carbocycles. The number of rotatable bonds is 18. The maximum absolute atomic E-state index is 8.82. The summed E-state index contributed by atoms with van der Waals surface area (Å²) in [5, 5.41) is 0. The molecule has 0 rings (SSSR count). The topological polar surface area (TPSA) is 81.1 Å². The van der Waals surface area contributed by atoms with Crippen molar-refractivity contribution in [1.82, 2.24) is 9.80 Å². The molecule has 7 heteroatoms. The van der Waals surface area contributed by atoms with Crippen LogP contribution in [0.1, 0.15) is 119 Å². The van der Waals surface area contributed by atoms with Crippen LogP contribution in [0.25, 0.3) is 0 Å². The summed E-state index contributed by atoms with van der Waals surface area (Å²) in [7, 11) is 0. The third-order valence-corrected chi connectivity index (χ3v) is 4.97. The normalized spacial score (nSPS) is 11.2. The summed E-state index contributed by atoms with van der Waals surface area (Å²) in [5.74, 6) is 0. The molecule has 192 valence electrons.